The number of carboxylic acids is 1. The molecule has 1 aromatic carbocycles. The van der Waals surface area contributed by atoms with Crippen molar-refractivity contribution in [2.24, 2.45) is 5.41 Å². The zero-order valence-corrected chi connectivity index (χ0v) is 10.8. The minimum Gasteiger partial charge on any atom is -0.481 e. The number of alkyl halides is 3. The highest BCUT2D eigenvalue weighted by molar-refractivity contribution is 5.68. The highest BCUT2D eigenvalue weighted by atomic mass is 19.4. The lowest BCUT2D eigenvalue weighted by Crippen LogP contribution is -2.38. The number of benzene rings is 1. The van der Waals surface area contributed by atoms with E-state index in [0.29, 0.717) is 12.2 Å². The van der Waals surface area contributed by atoms with Gasteiger partial charge in [0.2, 0.25) is 0 Å². The van der Waals surface area contributed by atoms with Gasteiger partial charge in [-0.1, -0.05) is 6.42 Å². The molecule has 1 aromatic rings. The van der Waals surface area contributed by atoms with E-state index in [1.54, 1.807) is 0 Å². The summed E-state index contributed by atoms with van der Waals surface area (Å²) in [6, 6.07) is 4.78. The Bertz CT molecular complexity index is 478. The minimum absolute atomic E-state index is 0.0979. The third-order valence-corrected chi connectivity index (χ3v) is 3.82. The maximum atomic E-state index is 12.4. The van der Waals surface area contributed by atoms with Gasteiger partial charge in [-0.2, -0.15) is 13.2 Å². The van der Waals surface area contributed by atoms with E-state index in [0.717, 1.165) is 31.4 Å². The molecular weight excluding hydrogens is 271 g/mol. The molecule has 2 N–H and O–H groups in total. The zero-order valence-electron chi connectivity index (χ0n) is 10.8. The van der Waals surface area contributed by atoms with E-state index in [-0.39, 0.29) is 11.8 Å². The van der Waals surface area contributed by atoms with Crippen LogP contribution in [0.25, 0.3) is 0 Å². The Morgan fingerprint density at radius 2 is 1.85 bits per heavy atom. The van der Waals surface area contributed by atoms with Crippen molar-refractivity contribution < 1.29 is 23.1 Å². The monoisotopic (exact) mass is 287 g/mol. The molecular formula is C14H16F3NO2. The minimum atomic E-state index is -4.34. The number of hydrogen-bond donors (Lipinski definition) is 2. The Kier molecular flexibility index (Phi) is 3.92. The van der Waals surface area contributed by atoms with E-state index in [4.69, 9.17) is 5.11 Å². The first kappa shape index (κ1) is 14.7. The third-order valence-electron chi connectivity index (χ3n) is 3.82. The SMILES string of the molecule is O=C(O)CC1(CNc2ccc(C(F)(F)F)cc2)CCC1. The summed E-state index contributed by atoms with van der Waals surface area (Å²) in [7, 11) is 0. The number of halogens is 3. The number of rotatable bonds is 5. The first-order valence-electron chi connectivity index (χ1n) is 6.44. The lowest BCUT2D eigenvalue weighted by atomic mass is 9.66. The molecule has 0 aromatic heterocycles. The lowest BCUT2D eigenvalue weighted by Gasteiger charge is -2.41. The van der Waals surface area contributed by atoms with Gasteiger partial charge < -0.3 is 10.4 Å². The molecule has 1 saturated carbocycles. The van der Waals surface area contributed by atoms with Gasteiger partial charge in [-0.25, -0.2) is 0 Å². The molecule has 20 heavy (non-hydrogen) atoms. The first-order valence-corrected chi connectivity index (χ1v) is 6.44. The van der Waals surface area contributed by atoms with Gasteiger partial charge in [-0.3, -0.25) is 4.79 Å². The van der Waals surface area contributed by atoms with Crippen LogP contribution in [-0.2, 0) is 11.0 Å². The Morgan fingerprint density at radius 3 is 2.25 bits per heavy atom. The third kappa shape index (κ3) is 3.43. The zero-order chi connectivity index (χ0) is 14.8. The van der Waals surface area contributed by atoms with Crippen LogP contribution in [0.2, 0.25) is 0 Å². The molecule has 6 heteroatoms. The maximum Gasteiger partial charge on any atom is 0.416 e. The quantitative estimate of drug-likeness (QED) is 0.867. The maximum absolute atomic E-state index is 12.4. The second kappa shape index (κ2) is 5.34. The fourth-order valence-corrected chi connectivity index (χ4v) is 2.48. The van der Waals surface area contributed by atoms with E-state index in [1.807, 2.05) is 0 Å². The van der Waals surface area contributed by atoms with Crippen LogP contribution < -0.4 is 5.32 Å². The fraction of sp³-hybridized carbons (Fsp3) is 0.500. The van der Waals surface area contributed by atoms with Crippen LogP contribution in [0.3, 0.4) is 0 Å². The Morgan fingerprint density at radius 1 is 1.25 bits per heavy atom. The highest BCUT2D eigenvalue weighted by Crippen LogP contribution is 2.44. The summed E-state index contributed by atoms with van der Waals surface area (Å²) in [6.07, 6.45) is -1.56. The van der Waals surface area contributed by atoms with Crippen molar-refractivity contribution in [1.82, 2.24) is 0 Å². The molecule has 0 bridgehead atoms. The van der Waals surface area contributed by atoms with Crippen LogP contribution in [0.5, 0.6) is 0 Å². The molecule has 110 valence electrons. The van der Waals surface area contributed by atoms with Gasteiger partial charge in [0.15, 0.2) is 0 Å². The second-order valence-electron chi connectivity index (χ2n) is 5.35. The van der Waals surface area contributed by atoms with Gasteiger partial charge in [0.25, 0.3) is 0 Å². The molecule has 0 spiro atoms. The molecule has 3 nitrogen and oxygen atoms in total. The van der Waals surface area contributed by atoms with Crippen LogP contribution >= 0.6 is 0 Å². The van der Waals surface area contributed by atoms with Gasteiger partial charge in [0.05, 0.1) is 12.0 Å². The van der Waals surface area contributed by atoms with E-state index >= 15 is 0 Å². The van der Waals surface area contributed by atoms with E-state index in [2.05, 4.69) is 5.32 Å². The van der Waals surface area contributed by atoms with Gasteiger partial charge in [0, 0.05) is 12.2 Å². The molecule has 0 radical (unpaired) electrons. The summed E-state index contributed by atoms with van der Waals surface area (Å²) >= 11 is 0. The summed E-state index contributed by atoms with van der Waals surface area (Å²) < 4.78 is 37.2. The Labute approximate surface area is 114 Å². The average molecular weight is 287 g/mol. The fourth-order valence-electron chi connectivity index (χ4n) is 2.48. The standard InChI is InChI=1S/C14H16F3NO2/c15-14(16,17)10-2-4-11(5-3-10)18-9-13(6-1-7-13)8-12(19)20/h2-5,18H,1,6-9H2,(H,19,20). The largest absolute Gasteiger partial charge is 0.481 e. The van der Waals surface area contributed by atoms with Crippen LogP contribution in [0.15, 0.2) is 24.3 Å². The van der Waals surface area contributed by atoms with Gasteiger partial charge in [-0.15, -0.1) is 0 Å². The molecule has 2 rings (SSSR count). The molecule has 0 amide bonds. The second-order valence-corrected chi connectivity index (χ2v) is 5.35. The van der Waals surface area contributed by atoms with Crippen molar-refractivity contribution in [3.05, 3.63) is 29.8 Å². The molecule has 1 aliphatic rings. The van der Waals surface area contributed by atoms with E-state index in [1.165, 1.54) is 12.1 Å². The van der Waals surface area contributed by atoms with Crippen molar-refractivity contribution in [1.29, 1.82) is 0 Å². The van der Waals surface area contributed by atoms with Crippen LogP contribution in [0, 0.1) is 5.41 Å². The number of anilines is 1. The smallest absolute Gasteiger partial charge is 0.416 e. The molecule has 1 fully saturated rings. The topological polar surface area (TPSA) is 49.3 Å². The first-order chi connectivity index (χ1) is 9.31. The lowest BCUT2D eigenvalue weighted by molar-refractivity contribution is -0.141. The van der Waals surface area contributed by atoms with Gasteiger partial charge >= 0.3 is 12.1 Å². The number of nitrogens with one attached hydrogen (secondary N) is 1. The van der Waals surface area contributed by atoms with Crippen molar-refractivity contribution in [3.8, 4) is 0 Å². The number of carbonyl (C=O) groups is 1. The van der Waals surface area contributed by atoms with Crippen LogP contribution in [0.1, 0.15) is 31.2 Å². The summed E-state index contributed by atoms with van der Waals surface area (Å²) in [6.45, 7) is 0.477. The number of carboxylic acid groups (broad SMARTS) is 1. The molecule has 0 aliphatic heterocycles. The number of aliphatic carboxylic acids is 1. The van der Waals surface area contributed by atoms with Crippen LogP contribution in [-0.4, -0.2) is 17.6 Å². The Balaban J connectivity index is 1.95. The van der Waals surface area contributed by atoms with E-state index in [9.17, 15) is 18.0 Å². The predicted octanol–water partition coefficient (Wildman–Crippen LogP) is 3.76. The summed E-state index contributed by atoms with van der Waals surface area (Å²) in [5, 5.41) is 11.9. The summed E-state index contributed by atoms with van der Waals surface area (Å²) in [4.78, 5) is 10.8. The van der Waals surface area contributed by atoms with Crippen molar-refractivity contribution in [3.63, 3.8) is 0 Å². The highest BCUT2D eigenvalue weighted by Gasteiger charge is 2.38. The van der Waals surface area contributed by atoms with Gasteiger partial charge in [-0.05, 0) is 42.5 Å². The summed E-state index contributed by atoms with van der Waals surface area (Å²) in [5.41, 5.74) is -0.365. The van der Waals surface area contributed by atoms with Crippen LogP contribution in [0.4, 0.5) is 18.9 Å². The predicted molar refractivity (Wildman–Crippen MR) is 68.5 cm³/mol. The molecule has 0 atom stereocenters. The Hall–Kier alpha value is -1.72. The molecule has 1 aliphatic carbocycles. The molecule has 0 heterocycles. The normalized spacial score (nSPS) is 17.4. The summed E-state index contributed by atoms with van der Waals surface area (Å²) in [5.74, 6) is -0.834. The number of hydrogen-bond acceptors (Lipinski definition) is 2. The molecule has 0 saturated heterocycles. The van der Waals surface area contributed by atoms with Gasteiger partial charge in [0.1, 0.15) is 0 Å². The van der Waals surface area contributed by atoms with Crippen molar-refractivity contribution in [2.75, 3.05) is 11.9 Å². The van der Waals surface area contributed by atoms with Crippen molar-refractivity contribution in [2.45, 2.75) is 31.9 Å². The van der Waals surface area contributed by atoms with E-state index < -0.39 is 17.7 Å². The average Bonchev–Trinajstić information content (AvgIpc) is 2.31. The molecule has 0 unspecified atom stereocenters. The van der Waals surface area contributed by atoms with Crippen molar-refractivity contribution >= 4 is 11.7 Å².